The SMILES string of the molecule is COC(CN)C(=O)NC(C)c1cc(C)oc1C. The molecule has 96 valence electrons. The van der Waals surface area contributed by atoms with Crippen molar-refractivity contribution in [3.05, 3.63) is 23.2 Å². The van der Waals surface area contributed by atoms with Crippen LogP contribution in [0.5, 0.6) is 0 Å². The number of amides is 1. The molecule has 1 heterocycles. The quantitative estimate of drug-likeness (QED) is 0.806. The third kappa shape index (κ3) is 3.31. The Morgan fingerprint density at radius 3 is 2.65 bits per heavy atom. The third-order valence-electron chi connectivity index (χ3n) is 2.70. The lowest BCUT2D eigenvalue weighted by Crippen LogP contribution is -2.41. The normalized spacial score (nSPS) is 14.4. The lowest BCUT2D eigenvalue weighted by Gasteiger charge is -2.17. The Morgan fingerprint density at radius 2 is 2.24 bits per heavy atom. The van der Waals surface area contributed by atoms with E-state index in [1.54, 1.807) is 0 Å². The lowest BCUT2D eigenvalue weighted by atomic mass is 10.1. The van der Waals surface area contributed by atoms with E-state index in [9.17, 15) is 4.79 Å². The topological polar surface area (TPSA) is 77.5 Å². The predicted molar refractivity (Wildman–Crippen MR) is 64.6 cm³/mol. The van der Waals surface area contributed by atoms with Gasteiger partial charge < -0.3 is 20.2 Å². The minimum atomic E-state index is -0.606. The molecule has 0 saturated carbocycles. The zero-order chi connectivity index (χ0) is 13.0. The second kappa shape index (κ2) is 5.84. The van der Waals surface area contributed by atoms with Crippen molar-refractivity contribution in [2.75, 3.05) is 13.7 Å². The van der Waals surface area contributed by atoms with E-state index >= 15 is 0 Å². The number of methoxy groups -OCH3 is 1. The number of nitrogens with two attached hydrogens (primary N) is 1. The van der Waals surface area contributed by atoms with Crippen LogP contribution >= 0.6 is 0 Å². The minimum absolute atomic E-state index is 0.121. The molecule has 5 heteroatoms. The Bertz CT molecular complexity index is 383. The summed E-state index contributed by atoms with van der Waals surface area (Å²) in [7, 11) is 1.47. The maximum Gasteiger partial charge on any atom is 0.250 e. The standard InChI is InChI=1S/C12H20N2O3/c1-7-5-10(9(3)17-7)8(2)14-12(15)11(6-13)16-4/h5,8,11H,6,13H2,1-4H3,(H,14,15). The number of carbonyl (C=O) groups excluding carboxylic acids is 1. The first-order chi connectivity index (χ1) is 7.99. The van der Waals surface area contributed by atoms with Crippen LogP contribution in [0.4, 0.5) is 0 Å². The van der Waals surface area contributed by atoms with Crippen molar-refractivity contribution in [3.63, 3.8) is 0 Å². The van der Waals surface area contributed by atoms with Gasteiger partial charge in [-0.05, 0) is 26.8 Å². The number of aryl methyl sites for hydroxylation is 2. The van der Waals surface area contributed by atoms with Gasteiger partial charge in [0, 0.05) is 19.2 Å². The maximum atomic E-state index is 11.8. The smallest absolute Gasteiger partial charge is 0.250 e. The molecular formula is C12H20N2O3. The molecule has 0 radical (unpaired) electrons. The maximum absolute atomic E-state index is 11.8. The zero-order valence-electron chi connectivity index (χ0n) is 10.7. The summed E-state index contributed by atoms with van der Waals surface area (Å²) in [6.45, 7) is 5.82. The van der Waals surface area contributed by atoms with Gasteiger partial charge >= 0.3 is 0 Å². The molecule has 0 spiro atoms. The highest BCUT2D eigenvalue weighted by atomic mass is 16.5. The number of ether oxygens (including phenoxy) is 1. The van der Waals surface area contributed by atoms with Crippen LogP contribution in [0.15, 0.2) is 10.5 Å². The Balaban J connectivity index is 2.69. The van der Waals surface area contributed by atoms with E-state index in [0.717, 1.165) is 17.1 Å². The van der Waals surface area contributed by atoms with Crippen LogP contribution in [0.25, 0.3) is 0 Å². The molecule has 0 saturated heterocycles. The van der Waals surface area contributed by atoms with Crippen LogP contribution in [0.3, 0.4) is 0 Å². The van der Waals surface area contributed by atoms with Crippen LogP contribution in [0.2, 0.25) is 0 Å². The molecule has 3 N–H and O–H groups in total. The van der Waals surface area contributed by atoms with Gasteiger partial charge in [-0.2, -0.15) is 0 Å². The average molecular weight is 240 g/mol. The van der Waals surface area contributed by atoms with Crippen LogP contribution in [0.1, 0.15) is 30.0 Å². The van der Waals surface area contributed by atoms with E-state index in [0.29, 0.717) is 0 Å². The summed E-state index contributed by atoms with van der Waals surface area (Å²) in [5.41, 5.74) is 6.40. The summed E-state index contributed by atoms with van der Waals surface area (Å²) in [5.74, 6) is 1.44. The molecule has 0 bridgehead atoms. The molecule has 0 fully saturated rings. The first kappa shape index (κ1) is 13.7. The van der Waals surface area contributed by atoms with Crippen molar-refractivity contribution in [2.24, 2.45) is 5.73 Å². The zero-order valence-corrected chi connectivity index (χ0v) is 10.7. The number of hydrogen-bond donors (Lipinski definition) is 2. The number of nitrogens with one attached hydrogen (secondary N) is 1. The van der Waals surface area contributed by atoms with Crippen LogP contribution in [0, 0.1) is 13.8 Å². The van der Waals surface area contributed by atoms with Crippen molar-refractivity contribution in [1.29, 1.82) is 0 Å². The monoisotopic (exact) mass is 240 g/mol. The number of rotatable bonds is 5. The highest BCUT2D eigenvalue weighted by Gasteiger charge is 2.20. The summed E-state index contributed by atoms with van der Waals surface area (Å²) in [6.07, 6.45) is -0.606. The van der Waals surface area contributed by atoms with Crippen LogP contribution < -0.4 is 11.1 Å². The lowest BCUT2D eigenvalue weighted by molar-refractivity contribution is -0.131. The fourth-order valence-electron chi connectivity index (χ4n) is 1.77. The molecule has 2 unspecified atom stereocenters. The molecule has 5 nitrogen and oxygen atoms in total. The van der Waals surface area contributed by atoms with E-state index in [1.165, 1.54) is 7.11 Å². The number of hydrogen-bond acceptors (Lipinski definition) is 4. The molecular weight excluding hydrogens is 220 g/mol. The highest BCUT2D eigenvalue weighted by molar-refractivity contribution is 5.81. The summed E-state index contributed by atoms with van der Waals surface area (Å²) in [5, 5.41) is 2.85. The summed E-state index contributed by atoms with van der Waals surface area (Å²) in [6, 6.07) is 1.80. The predicted octanol–water partition coefficient (Wildman–Crippen LogP) is 1.05. The molecule has 0 aliphatic heterocycles. The van der Waals surface area contributed by atoms with Gasteiger partial charge in [0.1, 0.15) is 17.6 Å². The highest BCUT2D eigenvalue weighted by Crippen LogP contribution is 2.21. The van der Waals surface area contributed by atoms with Gasteiger partial charge in [0.2, 0.25) is 0 Å². The fraction of sp³-hybridized carbons (Fsp3) is 0.583. The van der Waals surface area contributed by atoms with Gasteiger partial charge in [0.15, 0.2) is 0 Å². The Hall–Kier alpha value is -1.33. The second-order valence-corrected chi connectivity index (χ2v) is 4.06. The van der Waals surface area contributed by atoms with Gasteiger partial charge in [0.25, 0.3) is 5.91 Å². The molecule has 1 amide bonds. The average Bonchev–Trinajstić information content (AvgIpc) is 2.59. The van der Waals surface area contributed by atoms with Gasteiger partial charge in [-0.25, -0.2) is 0 Å². The van der Waals surface area contributed by atoms with Gasteiger partial charge in [0.05, 0.1) is 6.04 Å². The molecule has 2 atom stereocenters. The fourth-order valence-corrected chi connectivity index (χ4v) is 1.77. The third-order valence-corrected chi connectivity index (χ3v) is 2.70. The van der Waals surface area contributed by atoms with E-state index in [1.807, 2.05) is 26.8 Å². The summed E-state index contributed by atoms with van der Waals surface area (Å²) in [4.78, 5) is 11.8. The van der Waals surface area contributed by atoms with E-state index < -0.39 is 6.10 Å². The minimum Gasteiger partial charge on any atom is -0.466 e. The molecule has 0 aromatic carbocycles. The molecule has 1 rings (SSSR count). The van der Waals surface area contributed by atoms with Crippen molar-refractivity contribution in [2.45, 2.75) is 32.9 Å². The molecule has 0 aliphatic rings. The first-order valence-corrected chi connectivity index (χ1v) is 5.59. The molecule has 0 aliphatic carbocycles. The second-order valence-electron chi connectivity index (χ2n) is 4.06. The van der Waals surface area contributed by atoms with Crippen LogP contribution in [-0.2, 0) is 9.53 Å². The van der Waals surface area contributed by atoms with Crippen molar-refractivity contribution in [1.82, 2.24) is 5.32 Å². The summed E-state index contributed by atoms with van der Waals surface area (Å²) < 4.78 is 10.4. The van der Waals surface area contributed by atoms with Crippen molar-refractivity contribution < 1.29 is 13.9 Å². The first-order valence-electron chi connectivity index (χ1n) is 5.59. The van der Waals surface area contributed by atoms with E-state index in [2.05, 4.69) is 5.32 Å². The summed E-state index contributed by atoms with van der Waals surface area (Å²) >= 11 is 0. The van der Waals surface area contributed by atoms with E-state index in [-0.39, 0.29) is 18.5 Å². The Morgan fingerprint density at radius 1 is 1.59 bits per heavy atom. The molecule has 17 heavy (non-hydrogen) atoms. The Labute approximate surface area is 101 Å². The van der Waals surface area contributed by atoms with Gasteiger partial charge in [-0.1, -0.05) is 0 Å². The van der Waals surface area contributed by atoms with Crippen molar-refractivity contribution >= 4 is 5.91 Å². The largest absolute Gasteiger partial charge is 0.466 e. The van der Waals surface area contributed by atoms with Crippen molar-refractivity contribution in [3.8, 4) is 0 Å². The van der Waals surface area contributed by atoms with Crippen LogP contribution in [-0.4, -0.2) is 25.7 Å². The molecule has 1 aromatic rings. The molecule has 1 aromatic heterocycles. The van der Waals surface area contributed by atoms with Gasteiger partial charge in [-0.15, -0.1) is 0 Å². The number of furan rings is 1. The number of carbonyl (C=O) groups is 1. The Kier molecular flexibility index (Phi) is 4.72. The van der Waals surface area contributed by atoms with E-state index in [4.69, 9.17) is 14.9 Å². The van der Waals surface area contributed by atoms with Gasteiger partial charge in [-0.3, -0.25) is 4.79 Å².